The second kappa shape index (κ2) is 4.58. The van der Waals surface area contributed by atoms with Crippen molar-refractivity contribution in [3.05, 3.63) is 23.5 Å². The first-order valence-electron chi connectivity index (χ1n) is 6.23. The minimum atomic E-state index is -0.734. The summed E-state index contributed by atoms with van der Waals surface area (Å²) in [5, 5.41) is 8.84. The van der Waals surface area contributed by atoms with Crippen LogP contribution in [0.4, 0.5) is 0 Å². The van der Waals surface area contributed by atoms with E-state index in [1.54, 1.807) is 0 Å². The van der Waals surface area contributed by atoms with E-state index in [9.17, 15) is 4.79 Å². The SMILES string of the molecule is CC1(C)OB(c2cnc(C#N)cc2C(N)=O)OC1(C)C. The monoisotopic (exact) mass is 273 g/mol. The Kier molecular flexibility index (Phi) is 3.32. The highest BCUT2D eigenvalue weighted by Crippen LogP contribution is 2.36. The fourth-order valence-corrected chi connectivity index (χ4v) is 1.90. The zero-order chi connectivity index (χ0) is 15.1. The van der Waals surface area contributed by atoms with E-state index in [0.29, 0.717) is 5.46 Å². The maximum absolute atomic E-state index is 11.5. The van der Waals surface area contributed by atoms with E-state index >= 15 is 0 Å². The van der Waals surface area contributed by atoms with Gasteiger partial charge in [-0.1, -0.05) is 0 Å². The Morgan fingerprint density at radius 2 is 1.90 bits per heavy atom. The molecule has 20 heavy (non-hydrogen) atoms. The van der Waals surface area contributed by atoms with Gasteiger partial charge in [0.05, 0.1) is 11.2 Å². The second-order valence-corrected chi connectivity index (χ2v) is 5.72. The van der Waals surface area contributed by atoms with Crippen LogP contribution in [-0.4, -0.2) is 29.2 Å². The van der Waals surface area contributed by atoms with Gasteiger partial charge in [-0.25, -0.2) is 4.98 Å². The molecule has 1 saturated heterocycles. The molecule has 1 aromatic rings. The zero-order valence-corrected chi connectivity index (χ0v) is 11.9. The smallest absolute Gasteiger partial charge is 0.399 e. The van der Waals surface area contributed by atoms with Crippen LogP contribution in [0.15, 0.2) is 12.3 Å². The molecule has 0 aliphatic carbocycles. The number of amides is 1. The van der Waals surface area contributed by atoms with Crippen molar-refractivity contribution in [1.82, 2.24) is 4.98 Å². The Morgan fingerprint density at radius 3 is 2.35 bits per heavy atom. The molecule has 0 aromatic carbocycles. The molecule has 2 N–H and O–H groups in total. The van der Waals surface area contributed by atoms with Crippen LogP contribution < -0.4 is 11.2 Å². The van der Waals surface area contributed by atoms with Gasteiger partial charge in [0.15, 0.2) is 0 Å². The van der Waals surface area contributed by atoms with Crippen molar-refractivity contribution < 1.29 is 14.1 Å². The number of hydrogen-bond donors (Lipinski definition) is 1. The zero-order valence-electron chi connectivity index (χ0n) is 11.9. The van der Waals surface area contributed by atoms with E-state index in [4.69, 9.17) is 20.3 Å². The molecule has 0 atom stereocenters. The second-order valence-electron chi connectivity index (χ2n) is 5.72. The van der Waals surface area contributed by atoms with Gasteiger partial charge in [0.2, 0.25) is 5.91 Å². The van der Waals surface area contributed by atoms with Crippen LogP contribution in [0.3, 0.4) is 0 Å². The average Bonchev–Trinajstić information content (AvgIpc) is 2.57. The number of nitrogens with zero attached hydrogens (tertiary/aromatic N) is 2. The summed E-state index contributed by atoms with van der Waals surface area (Å²) in [6, 6.07) is 3.22. The van der Waals surface area contributed by atoms with Crippen LogP contribution in [0, 0.1) is 11.3 Å². The van der Waals surface area contributed by atoms with Gasteiger partial charge in [0.25, 0.3) is 0 Å². The van der Waals surface area contributed by atoms with Gasteiger partial charge < -0.3 is 15.0 Å². The molecule has 1 aliphatic heterocycles. The molecule has 104 valence electrons. The molecule has 1 aromatic heterocycles. The van der Waals surface area contributed by atoms with E-state index < -0.39 is 24.2 Å². The van der Waals surface area contributed by atoms with Crippen molar-refractivity contribution in [3.63, 3.8) is 0 Å². The highest BCUT2D eigenvalue weighted by atomic mass is 16.7. The fraction of sp³-hybridized carbons (Fsp3) is 0.462. The summed E-state index contributed by atoms with van der Waals surface area (Å²) in [4.78, 5) is 15.5. The van der Waals surface area contributed by atoms with Crippen molar-refractivity contribution in [2.24, 2.45) is 5.73 Å². The molecule has 0 saturated carbocycles. The first-order chi connectivity index (χ1) is 9.18. The van der Waals surface area contributed by atoms with Crippen LogP contribution in [0.1, 0.15) is 43.7 Å². The number of carbonyl (C=O) groups excluding carboxylic acids is 1. The molecule has 7 heteroatoms. The standard InChI is InChI=1S/C13H16BN3O3/c1-12(2)13(3,4)20-14(19-12)10-7-17-8(6-15)5-9(10)11(16)18/h5,7H,1-4H3,(H2,16,18). The number of primary amides is 1. The summed E-state index contributed by atoms with van der Waals surface area (Å²) in [7, 11) is -0.734. The predicted octanol–water partition coefficient (Wildman–Crippen LogP) is 0.351. The highest BCUT2D eigenvalue weighted by Gasteiger charge is 2.52. The molecule has 2 rings (SSSR count). The molecule has 0 unspecified atom stereocenters. The van der Waals surface area contributed by atoms with E-state index in [1.165, 1.54) is 12.3 Å². The summed E-state index contributed by atoms with van der Waals surface area (Å²) in [5.41, 5.74) is 5.05. The molecule has 0 bridgehead atoms. The van der Waals surface area contributed by atoms with Crippen LogP contribution in [0.25, 0.3) is 0 Å². The van der Waals surface area contributed by atoms with Crippen molar-refractivity contribution in [2.75, 3.05) is 0 Å². The Hall–Kier alpha value is -1.91. The van der Waals surface area contributed by atoms with Gasteiger partial charge in [-0.2, -0.15) is 5.26 Å². The first-order valence-corrected chi connectivity index (χ1v) is 6.23. The Bertz CT molecular complexity index is 591. The maximum Gasteiger partial charge on any atom is 0.497 e. The van der Waals surface area contributed by atoms with Gasteiger partial charge in [0.1, 0.15) is 11.8 Å². The molecule has 2 heterocycles. The number of nitriles is 1. The van der Waals surface area contributed by atoms with Crippen molar-refractivity contribution in [2.45, 2.75) is 38.9 Å². The molecular formula is C13H16BN3O3. The number of nitrogens with two attached hydrogens (primary N) is 1. The minimum absolute atomic E-state index is 0.124. The van der Waals surface area contributed by atoms with Crippen LogP contribution in [0.2, 0.25) is 0 Å². The van der Waals surface area contributed by atoms with Crippen molar-refractivity contribution in [3.8, 4) is 6.07 Å². The molecular weight excluding hydrogens is 257 g/mol. The van der Waals surface area contributed by atoms with Crippen molar-refractivity contribution >= 4 is 18.5 Å². The molecule has 1 fully saturated rings. The normalized spacial score (nSPS) is 19.6. The van der Waals surface area contributed by atoms with E-state index in [-0.39, 0.29) is 11.3 Å². The molecule has 1 aliphatic rings. The summed E-state index contributed by atoms with van der Waals surface area (Å²) < 4.78 is 11.7. The third-order valence-corrected chi connectivity index (χ3v) is 3.82. The van der Waals surface area contributed by atoms with Gasteiger partial charge in [-0.05, 0) is 33.8 Å². The maximum atomic E-state index is 11.5. The van der Waals surface area contributed by atoms with E-state index in [1.807, 2.05) is 33.8 Å². The van der Waals surface area contributed by atoms with Gasteiger partial charge in [-0.15, -0.1) is 0 Å². The number of pyridine rings is 1. The third kappa shape index (κ3) is 2.28. The molecule has 6 nitrogen and oxygen atoms in total. The summed E-state index contributed by atoms with van der Waals surface area (Å²) >= 11 is 0. The number of rotatable bonds is 2. The fourth-order valence-electron chi connectivity index (χ4n) is 1.90. The lowest BCUT2D eigenvalue weighted by atomic mass is 9.76. The quantitative estimate of drug-likeness (QED) is 0.784. The average molecular weight is 273 g/mol. The Balaban J connectivity index is 2.45. The van der Waals surface area contributed by atoms with Gasteiger partial charge >= 0.3 is 7.12 Å². The topological polar surface area (TPSA) is 98.2 Å². The molecule has 0 spiro atoms. The largest absolute Gasteiger partial charge is 0.497 e. The third-order valence-electron chi connectivity index (χ3n) is 3.82. The summed E-state index contributed by atoms with van der Waals surface area (Å²) in [5.74, 6) is -0.645. The minimum Gasteiger partial charge on any atom is -0.399 e. The summed E-state index contributed by atoms with van der Waals surface area (Å²) in [6.07, 6.45) is 1.40. The lowest BCUT2D eigenvalue weighted by Gasteiger charge is -2.32. The first kappa shape index (κ1) is 14.5. The number of carbonyl (C=O) groups is 1. The lowest BCUT2D eigenvalue weighted by Crippen LogP contribution is -2.41. The van der Waals surface area contributed by atoms with Crippen LogP contribution in [-0.2, 0) is 9.31 Å². The molecule has 1 amide bonds. The van der Waals surface area contributed by atoms with E-state index in [2.05, 4.69) is 4.98 Å². The van der Waals surface area contributed by atoms with Crippen LogP contribution >= 0.6 is 0 Å². The van der Waals surface area contributed by atoms with Crippen LogP contribution in [0.5, 0.6) is 0 Å². The Morgan fingerprint density at radius 1 is 1.35 bits per heavy atom. The highest BCUT2D eigenvalue weighted by molar-refractivity contribution is 6.63. The van der Waals surface area contributed by atoms with Crippen molar-refractivity contribution in [1.29, 1.82) is 5.26 Å². The van der Waals surface area contributed by atoms with Gasteiger partial charge in [0, 0.05) is 17.2 Å². The van der Waals surface area contributed by atoms with E-state index in [0.717, 1.165) is 0 Å². The predicted molar refractivity (Wildman–Crippen MR) is 73.2 cm³/mol. The molecule has 0 radical (unpaired) electrons. The summed E-state index contributed by atoms with van der Waals surface area (Å²) in [6.45, 7) is 7.64. The lowest BCUT2D eigenvalue weighted by molar-refractivity contribution is 0.00578. The number of aromatic nitrogens is 1. The van der Waals surface area contributed by atoms with Gasteiger partial charge in [-0.3, -0.25) is 4.79 Å². The number of hydrogen-bond acceptors (Lipinski definition) is 5. The Labute approximate surface area is 118 Å².